The summed E-state index contributed by atoms with van der Waals surface area (Å²) in [6, 6.07) is 2.45. The number of nitrogens with zero attached hydrogens (tertiary/aromatic N) is 3. The molecule has 7 heteroatoms. The normalized spacial score (nSPS) is 17.6. The predicted molar refractivity (Wildman–Crippen MR) is 78.6 cm³/mol. The monoisotopic (exact) mass is 295 g/mol. The molecule has 1 aliphatic carbocycles. The van der Waals surface area contributed by atoms with Crippen LogP contribution in [0.25, 0.3) is 0 Å². The Morgan fingerprint density at radius 1 is 1.60 bits per heavy atom. The molecule has 1 heterocycles. The Balaban J connectivity index is 2.10. The van der Waals surface area contributed by atoms with Crippen LogP contribution >= 0.6 is 11.8 Å². The smallest absolute Gasteiger partial charge is 0.299 e. The zero-order valence-electron chi connectivity index (χ0n) is 12.0. The van der Waals surface area contributed by atoms with Crippen molar-refractivity contribution < 1.29 is 0 Å². The van der Waals surface area contributed by atoms with Crippen molar-refractivity contribution in [1.29, 1.82) is 5.26 Å². The molecule has 1 aromatic rings. The molecular weight excluding hydrogens is 274 g/mol. The summed E-state index contributed by atoms with van der Waals surface area (Å²) < 4.78 is 1.64. The average molecular weight is 295 g/mol. The van der Waals surface area contributed by atoms with Crippen LogP contribution in [0, 0.1) is 17.2 Å². The first-order chi connectivity index (χ1) is 9.66. The molecule has 1 unspecified atom stereocenters. The number of nitrogens with one attached hydrogen (secondary N) is 2. The molecule has 0 amide bonds. The van der Waals surface area contributed by atoms with Crippen LogP contribution in [0.5, 0.6) is 0 Å². The highest BCUT2D eigenvalue weighted by molar-refractivity contribution is 7.99. The highest BCUT2D eigenvalue weighted by atomic mass is 32.2. The Bertz CT molecular complexity index is 542. The van der Waals surface area contributed by atoms with Gasteiger partial charge in [-0.1, -0.05) is 25.6 Å². The third-order valence-electron chi connectivity index (χ3n) is 3.57. The molecule has 1 fully saturated rings. The van der Waals surface area contributed by atoms with E-state index in [1.54, 1.807) is 4.57 Å². The number of aromatic amines is 1. The maximum absolute atomic E-state index is 11.6. The molecular formula is C13H21N5OS. The number of aromatic nitrogens is 3. The predicted octanol–water partition coefficient (Wildman–Crippen LogP) is 1.36. The highest BCUT2D eigenvalue weighted by Gasteiger charge is 2.45. The van der Waals surface area contributed by atoms with Gasteiger partial charge in [0.1, 0.15) is 5.54 Å². The van der Waals surface area contributed by atoms with Crippen LogP contribution in [0.3, 0.4) is 0 Å². The summed E-state index contributed by atoms with van der Waals surface area (Å²) in [7, 11) is 0. The molecule has 0 saturated heterocycles. The number of rotatable bonds is 8. The topological polar surface area (TPSA) is 86.5 Å². The van der Waals surface area contributed by atoms with Gasteiger partial charge in [-0.15, -0.1) is 5.10 Å². The van der Waals surface area contributed by atoms with Crippen LogP contribution in [0.15, 0.2) is 9.95 Å². The van der Waals surface area contributed by atoms with Gasteiger partial charge in [-0.25, -0.2) is 9.89 Å². The molecule has 0 aromatic carbocycles. The van der Waals surface area contributed by atoms with Gasteiger partial charge in [-0.3, -0.25) is 9.88 Å². The van der Waals surface area contributed by atoms with Crippen molar-refractivity contribution >= 4 is 11.8 Å². The van der Waals surface area contributed by atoms with Gasteiger partial charge in [0.05, 0.1) is 6.07 Å². The summed E-state index contributed by atoms with van der Waals surface area (Å²) in [5.41, 5.74) is -0.669. The Hall–Kier alpha value is -1.26. The second-order valence-electron chi connectivity index (χ2n) is 5.14. The molecule has 2 N–H and O–H groups in total. The van der Waals surface area contributed by atoms with Crippen LogP contribution in [-0.4, -0.2) is 32.6 Å². The lowest BCUT2D eigenvalue weighted by molar-refractivity contribution is 0.415. The van der Waals surface area contributed by atoms with Crippen molar-refractivity contribution in [3.05, 3.63) is 10.5 Å². The van der Waals surface area contributed by atoms with Crippen molar-refractivity contribution in [2.75, 3.05) is 12.3 Å². The second-order valence-corrected chi connectivity index (χ2v) is 6.08. The zero-order valence-corrected chi connectivity index (χ0v) is 12.8. The lowest BCUT2D eigenvalue weighted by atomic mass is 9.98. The first kappa shape index (κ1) is 15.1. The van der Waals surface area contributed by atoms with Crippen molar-refractivity contribution in [3.63, 3.8) is 0 Å². The van der Waals surface area contributed by atoms with Gasteiger partial charge in [0.2, 0.25) is 0 Å². The quantitative estimate of drug-likeness (QED) is 0.707. The lowest BCUT2D eigenvalue weighted by Gasteiger charge is -2.26. The summed E-state index contributed by atoms with van der Waals surface area (Å²) >= 11 is 1.48. The van der Waals surface area contributed by atoms with E-state index in [2.05, 4.69) is 21.6 Å². The minimum absolute atomic E-state index is 0.174. The van der Waals surface area contributed by atoms with Crippen LogP contribution in [0.2, 0.25) is 0 Å². The van der Waals surface area contributed by atoms with Crippen LogP contribution in [-0.2, 0) is 6.54 Å². The van der Waals surface area contributed by atoms with Crippen molar-refractivity contribution in [1.82, 2.24) is 20.1 Å². The molecule has 0 bridgehead atoms. The maximum Gasteiger partial charge on any atom is 0.343 e. The molecule has 1 saturated carbocycles. The number of nitriles is 1. The van der Waals surface area contributed by atoms with Gasteiger partial charge in [-0.05, 0) is 31.7 Å². The summed E-state index contributed by atoms with van der Waals surface area (Å²) in [6.45, 7) is 5.46. The summed E-state index contributed by atoms with van der Waals surface area (Å²) in [4.78, 5) is 11.6. The molecule has 20 heavy (non-hydrogen) atoms. The molecule has 110 valence electrons. The molecule has 6 nitrogen and oxygen atoms in total. The van der Waals surface area contributed by atoms with Crippen molar-refractivity contribution in [2.45, 2.75) is 50.4 Å². The minimum Gasteiger partial charge on any atom is -0.299 e. The van der Waals surface area contributed by atoms with Crippen molar-refractivity contribution in [2.24, 2.45) is 5.92 Å². The Morgan fingerprint density at radius 2 is 2.35 bits per heavy atom. The summed E-state index contributed by atoms with van der Waals surface area (Å²) in [6.07, 6.45) is 3.08. The van der Waals surface area contributed by atoms with E-state index >= 15 is 0 Å². The third-order valence-corrected chi connectivity index (χ3v) is 4.73. The molecule has 0 radical (unpaired) electrons. The number of hydrogen-bond donors (Lipinski definition) is 2. The van der Waals surface area contributed by atoms with Gasteiger partial charge in [0, 0.05) is 12.3 Å². The number of H-pyrrole nitrogens is 1. The van der Waals surface area contributed by atoms with E-state index in [9.17, 15) is 10.1 Å². The largest absolute Gasteiger partial charge is 0.343 e. The third kappa shape index (κ3) is 3.07. The molecule has 1 aliphatic rings. The molecule has 0 aliphatic heterocycles. The van der Waals surface area contributed by atoms with E-state index in [4.69, 9.17) is 0 Å². The fourth-order valence-corrected chi connectivity index (χ4v) is 3.58. The maximum atomic E-state index is 11.6. The summed E-state index contributed by atoms with van der Waals surface area (Å²) in [5, 5.41) is 20.1. The van der Waals surface area contributed by atoms with Crippen LogP contribution in [0.4, 0.5) is 0 Å². The fraction of sp³-hybridized carbons (Fsp3) is 0.769. The van der Waals surface area contributed by atoms with E-state index in [0.29, 0.717) is 23.4 Å². The zero-order chi connectivity index (χ0) is 14.6. The lowest BCUT2D eigenvalue weighted by Crippen LogP contribution is -2.48. The van der Waals surface area contributed by atoms with E-state index in [1.165, 1.54) is 11.8 Å². The SMILES string of the molecule is CCCn1c(SCC(C#N)(NCC)C2CC2)n[nH]c1=O. The van der Waals surface area contributed by atoms with E-state index < -0.39 is 5.54 Å². The fourth-order valence-electron chi connectivity index (χ4n) is 2.38. The number of hydrogen-bond acceptors (Lipinski definition) is 5. The van der Waals surface area contributed by atoms with Gasteiger partial charge in [0.25, 0.3) is 0 Å². The highest BCUT2D eigenvalue weighted by Crippen LogP contribution is 2.41. The Kier molecular flexibility index (Phi) is 4.89. The van der Waals surface area contributed by atoms with Gasteiger partial charge in [0.15, 0.2) is 5.16 Å². The minimum atomic E-state index is -0.495. The van der Waals surface area contributed by atoms with E-state index in [0.717, 1.165) is 25.8 Å². The van der Waals surface area contributed by atoms with Crippen LogP contribution < -0.4 is 11.0 Å². The molecule has 0 spiro atoms. The van der Waals surface area contributed by atoms with Crippen molar-refractivity contribution in [3.8, 4) is 6.07 Å². The molecule has 1 aromatic heterocycles. The Morgan fingerprint density at radius 3 is 2.90 bits per heavy atom. The standard InChI is InChI=1S/C13H21N5OS/c1-3-7-18-11(19)16-17-12(18)20-9-13(8-14,15-4-2)10-5-6-10/h10,15H,3-7,9H2,1-2H3,(H,16,19). The van der Waals surface area contributed by atoms with Gasteiger partial charge >= 0.3 is 5.69 Å². The number of thioether (sulfide) groups is 1. The van der Waals surface area contributed by atoms with E-state index in [1.807, 2.05) is 13.8 Å². The van der Waals surface area contributed by atoms with Gasteiger partial charge < -0.3 is 0 Å². The first-order valence-corrected chi connectivity index (χ1v) is 8.09. The molecule has 2 rings (SSSR count). The Labute approximate surface area is 122 Å². The second kappa shape index (κ2) is 6.46. The van der Waals surface area contributed by atoms with Gasteiger partial charge in [-0.2, -0.15) is 5.26 Å². The summed E-state index contributed by atoms with van der Waals surface area (Å²) in [5.74, 6) is 1.04. The van der Waals surface area contributed by atoms with Crippen LogP contribution in [0.1, 0.15) is 33.1 Å². The first-order valence-electron chi connectivity index (χ1n) is 7.11. The molecule has 1 atom stereocenters. The van der Waals surface area contributed by atoms with E-state index in [-0.39, 0.29) is 5.69 Å². The average Bonchev–Trinajstić information content (AvgIpc) is 3.24.